The predicted octanol–water partition coefficient (Wildman–Crippen LogP) is 4.54. The van der Waals surface area contributed by atoms with Crippen molar-refractivity contribution in [2.75, 3.05) is 5.75 Å². The molecule has 0 spiro atoms. The molecular weight excluding hydrogens is 287 g/mol. The molecule has 0 saturated carbocycles. The van der Waals surface area contributed by atoms with Crippen molar-refractivity contribution in [1.82, 2.24) is 0 Å². The van der Waals surface area contributed by atoms with Crippen LogP contribution in [0.25, 0.3) is 0 Å². The zero-order valence-corrected chi connectivity index (χ0v) is 10.5. The van der Waals surface area contributed by atoms with Gasteiger partial charge in [-0.25, -0.2) is 0 Å². The minimum absolute atomic E-state index is 0.0700. The monoisotopic (exact) mass is 298 g/mol. The zero-order chi connectivity index (χ0) is 14.5. The van der Waals surface area contributed by atoms with E-state index in [1.165, 1.54) is 0 Å². The first-order chi connectivity index (χ1) is 8.74. The number of carbonyl (C=O) groups excluding carboxylic acids is 1. The summed E-state index contributed by atoms with van der Waals surface area (Å²) in [6.45, 7) is 0. The van der Waals surface area contributed by atoms with Gasteiger partial charge in [-0.15, -0.1) is 0 Å². The van der Waals surface area contributed by atoms with Crippen molar-refractivity contribution in [3.63, 3.8) is 0 Å². The molecule has 0 atom stereocenters. The second-order valence-electron chi connectivity index (χ2n) is 3.81. The van der Waals surface area contributed by atoms with Crippen LogP contribution < -0.4 is 0 Å². The van der Waals surface area contributed by atoms with Crippen LogP contribution in [0.4, 0.5) is 22.0 Å². The van der Waals surface area contributed by atoms with E-state index in [-0.39, 0.29) is 17.3 Å². The van der Waals surface area contributed by atoms with Gasteiger partial charge in [0.15, 0.2) is 0 Å². The van der Waals surface area contributed by atoms with Gasteiger partial charge in [0.1, 0.15) is 0 Å². The van der Waals surface area contributed by atoms with Crippen LogP contribution in [0.15, 0.2) is 30.3 Å². The van der Waals surface area contributed by atoms with Gasteiger partial charge in [0.2, 0.25) is 5.12 Å². The van der Waals surface area contributed by atoms with Crippen molar-refractivity contribution in [1.29, 1.82) is 0 Å². The Kier molecular flexibility index (Phi) is 5.34. The van der Waals surface area contributed by atoms with Crippen LogP contribution in [0.2, 0.25) is 0 Å². The van der Waals surface area contributed by atoms with Gasteiger partial charge in [0, 0.05) is 17.7 Å². The molecule has 1 nitrogen and oxygen atoms in total. The second kappa shape index (κ2) is 6.36. The molecule has 0 aromatic heterocycles. The van der Waals surface area contributed by atoms with Gasteiger partial charge in [0.25, 0.3) is 0 Å². The van der Waals surface area contributed by atoms with Gasteiger partial charge in [-0.3, -0.25) is 4.79 Å². The van der Waals surface area contributed by atoms with E-state index in [1.54, 1.807) is 30.3 Å². The molecule has 0 unspecified atom stereocenters. The average Bonchev–Trinajstić information content (AvgIpc) is 2.34. The smallest absolute Gasteiger partial charge is 0.282 e. The van der Waals surface area contributed by atoms with Gasteiger partial charge < -0.3 is 0 Å². The number of hydrogen-bond donors (Lipinski definition) is 0. The summed E-state index contributed by atoms with van der Waals surface area (Å²) < 4.78 is 60.7. The minimum atomic E-state index is -5.53. The van der Waals surface area contributed by atoms with Crippen molar-refractivity contribution < 1.29 is 26.7 Å². The lowest BCUT2D eigenvalue weighted by Gasteiger charge is -2.18. The summed E-state index contributed by atoms with van der Waals surface area (Å²) in [5, 5.41) is -0.337. The molecule has 1 aromatic rings. The SMILES string of the molecule is O=C(SCCCC(F)(F)C(F)(F)F)c1ccccc1. The van der Waals surface area contributed by atoms with Crippen LogP contribution in [0.3, 0.4) is 0 Å². The van der Waals surface area contributed by atoms with Crippen LogP contribution in [-0.2, 0) is 0 Å². The summed E-state index contributed by atoms with van der Waals surface area (Å²) in [5.41, 5.74) is 0.398. The summed E-state index contributed by atoms with van der Waals surface area (Å²) in [5.74, 6) is -4.76. The van der Waals surface area contributed by atoms with E-state index in [9.17, 15) is 26.7 Å². The molecule has 1 aromatic carbocycles. The molecule has 0 amide bonds. The Balaban J connectivity index is 2.34. The lowest BCUT2D eigenvalue weighted by molar-refractivity contribution is -0.284. The molecule has 0 heterocycles. The highest BCUT2D eigenvalue weighted by Crippen LogP contribution is 2.39. The van der Waals surface area contributed by atoms with Crippen molar-refractivity contribution in [3.05, 3.63) is 35.9 Å². The van der Waals surface area contributed by atoms with E-state index in [2.05, 4.69) is 0 Å². The molecule has 106 valence electrons. The quantitative estimate of drug-likeness (QED) is 0.586. The zero-order valence-electron chi connectivity index (χ0n) is 9.71. The maximum atomic E-state index is 12.6. The van der Waals surface area contributed by atoms with Gasteiger partial charge in [0.05, 0.1) is 0 Å². The van der Waals surface area contributed by atoms with Crippen molar-refractivity contribution in [3.8, 4) is 0 Å². The maximum absolute atomic E-state index is 12.6. The van der Waals surface area contributed by atoms with Gasteiger partial charge >= 0.3 is 12.1 Å². The highest BCUT2D eigenvalue weighted by atomic mass is 32.2. The molecule has 0 aliphatic carbocycles. The van der Waals surface area contributed by atoms with E-state index in [1.807, 2.05) is 0 Å². The molecule has 0 aliphatic rings. The first kappa shape index (κ1) is 15.9. The molecule has 1 rings (SSSR count). The van der Waals surface area contributed by atoms with Crippen LogP contribution in [0, 0.1) is 0 Å². The highest BCUT2D eigenvalue weighted by molar-refractivity contribution is 8.14. The predicted molar refractivity (Wildman–Crippen MR) is 63.5 cm³/mol. The third-order valence-corrected chi connectivity index (χ3v) is 3.28. The number of thioether (sulfide) groups is 1. The Bertz CT molecular complexity index is 416. The largest absolute Gasteiger partial charge is 0.453 e. The van der Waals surface area contributed by atoms with E-state index >= 15 is 0 Å². The van der Waals surface area contributed by atoms with Crippen LogP contribution in [0.1, 0.15) is 23.2 Å². The van der Waals surface area contributed by atoms with E-state index in [4.69, 9.17) is 0 Å². The Morgan fingerprint density at radius 3 is 2.16 bits per heavy atom. The minimum Gasteiger partial charge on any atom is -0.282 e. The maximum Gasteiger partial charge on any atom is 0.453 e. The Morgan fingerprint density at radius 2 is 1.63 bits per heavy atom. The summed E-state index contributed by atoms with van der Waals surface area (Å²) in [6, 6.07) is 8.11. The summed E-state index contributed by atoms with van der Waals surface area (Å²) in [7, 11) is 0. The Morgan fingerprint density at radius 1 is 1.05 bits per heavy atom. The molecular formula is C12H11F5OS. The molecule has 0 saturated heterocycles. The molecule has 7 heteroatoms. The number of halogens is 5. The first-order valence-corrected chi connectivity index (χ1v) is 6.39. The molecule has 0 fully saturated rings. The van der Waals surface area contributed by atoms with Crippen molar-refractivity contribution in [2.45, 2.75) is 24.9 Å². The summed E-state index contributed by atoms with van der Waals surface area (Å²) in [6.07, 6.45) is -7.21. The lowest BCUT2D eigenvalue weighted by atomic mass is 10.2. The number of rotatable bonds is 5. The van der Waals surface area contributed by atoms with Crippen LogP contribution in [0.5, 0.6) is 0 Å². The number of carbonyl (C=O) groups is 1. The van der Waals surface area contributed by atoms with Crippen LogP contribution >= 0.6 is 11.8 Å². The Hall–Kier alpha value is -1.11. The second-order valence-corrected chi connectivity index (χ2v) is 4.88. The molecule has 0 radical (unpaired) electrons. The molecule has 0 N–H and O–H groups in total. The highest BCUT2D eigenvalue weighted by Gasteiger charge is 2.56. The average molecular weight is 298 g/mol. The Labute approximate surface area is 111 Å². The normalized spacial score (nSPS) is 12.5. The van der Waals surface area contributed by atoms with Crippen molar-refractivity contribution in [2.24, 2.45) is 0 Å². The fourth-order valence-electron chi connectivity index (χ4n) is 1.26. The lowest BCUT2D eigenvalue weighted by Crippen LogP contribution is -2.36. The molecule has 19 heavy (non-hydrogen) atoms. The molecule has 0 aliphatic heterocycles. The number of benzene rings is 1. The van der Waals surface area contributed by atoms with E-state index in [0.717, 1.165) is 11.8 Å². The van der Waals surface area contributed by atoms with Crippen molar-refractivity contribution >= 4 is 16.9 Å². The van der Waals surface area contributed by atoms with Gasteiger partial charge in [-0.2, -0.15) is 22.0 Å². The summed E-state index contributed by atoms with van der Waals surface area (Å²) >= 11 is 0.741. The summed E-state index contributed by atoms with van der Waals surface area (Å²) in [4.78, 5) is 11.5. The van der Waals surface area contributed by atoms with Gasteiger partial charge in [-0.05, 0) is 6.42 Å². The van der Waals surface area contributed by atoms with Crippen LogP contribution in [-0.4, -0.2) is 23.0 Å². The fraction of sp³-hybridized carbons (Fsp3) is 0.417. The van der Waals surface area contributed by atoms with E-state index < -0.39 is 18.5 Å². The first-order valence-electron chi connectivity index (χ1n) is 5.41. The van der Waals surface area contributed by atoms with E-state index in [0.29, 0.717) is 5.56 Å². The molecule has 0 bridgehead atoms. The number of hydrogen-bond acceptors (Lipinski definition) is 2. The standard InChI is InChI=1S/C12H11F5OS/c13-11(14,12(15,16)17)7-4-8-19-10(18)9-5-2-1-3-6-9/h1-3,5-6H,4,7-8H2. The fourth-order valence-corrected chi connectivity index (χ4v) is 2.04. The third kappa shape index (κ3) is 4.81. The number of alkyl halides is 5. The third-order valence-electron chi connectivity index (χ3n) is 2.29. The van der Waals surface area contributed by atoms with Gasteiger partial charge in [-0.1, -0.05) is 42.1 Å². The topological polar surface area (TPSA) is 17.1 Å².